The van der Waals surface area contributed by atoms with E-state index < -0.39 is 0 Å². The van der Waals surface area contributed by atoms with Crippen LogP contribution in [0.3, 0.4) is 0 Å². The van der Waals surface area contributed by atoms with Crippen molar-refractivity contribution in [2.45, 2.75) is 45.2 Å². The van der Waals surface area contributed by atoms with E-state index in [1.807, 2.05) is 6.26 Å². The van der Waals surface area contributed by atoms with Gasteiger partial charge in [0.1, 0.15) is 11.6 Å². The first-order valence-corrected chi connectivity index (χ1v) is 8.39. The molecule has 1 aromatic heterocycles. The quantitative estimate of drug-likeness (QED) is 0.553. The van der Waals surface area contributed by atoms with Gasteiger partial charge < -0.3 is 10.2 Å². The van der Waals surface area contributed by atoms with Gasteiger partial charge in [-0.25, -0.2) is 9.97 Å². The molecule has 1 heterocycles. The summed E-state index contributed by atoms with van der Waals surface area (Å²) >= 11 is 1.59. The molecular weight excluding hydrogens is 256 g/mol. The summed E-state index contributed by atoms with van der Waals surface area (Å²) in [6.45, 7) is 9.55. The molecule has 0 saturated carbocycles. The Kier molecular flexibility index (Phi) is 7.63. The summed E-state index contributed by atoms with van der Waals surface area (Å²) in [5, 5.41) is 4.19. The molecule has 4 nitrogen and oxygen atoms in total. The lowest BCUT2D eigenvalue weighted by Gasteiger charge is -2.22. The number of thioether (sulfide) groups is 1. The van der Waals surface area contributed by atoms with Gasteiger partial charge >= 0.3 is 0 Å². The maximum Gasteiger partial charge on any atom is 0.191 e. The minimum absolute atomic E-state index is 0.839. The highest BCUT2D eigenvalue weighted by Gasteiger charge is 2.09. The van der Waals surface area contributed by atoms with E-state index in [1.54, 1.807) is 11.8 Å². The van der Waals surface area contributed by atoms with Gasteiger partial charge in [-0.3, -0.25) is 0 Å². The Morgan fingerprint density at radius 3 is 2.58 bits per heavy atom. The van der Waals surface area contributed by atoms with Gasteiger partial charge in [0.15, 0.2) is 5.16 Å². The first kappa shape index (κ1) is 16.1. The third kappa shape index (κ3) is 5.27. The maximum atomic E-state index is 4.62. The minimum atomic E-state index is 0.839. The van der Waals surface area contributed by atoms with Gasteiger partial charge in [-0.1, -0.05) is 32.0 Å². The Morgan fingerprint density at radius 2 is 2.00 bits per heavy atom. The molecule has 0 spiro atoms. The number of nitrogens with zero attached hydrogens (tertiary/aromatic N) is 3. The fourth-order valence-electron chi connectivity index (χ4n) is 1.79. The summed E-state index contributed by atoms with van der Waals surface area (Å²) in [6, 6.07) is 2.06. The van der Waals surface area contributed by atoms with Crippen LogP contribution in [0, 0.1) is 0 Å². The SMILES string of the molecule is CCCCN(CC)c1cc(NCCC)nc(SC)n1. The largest absolute Gasteiger partial charge is 0.370 e. The molecule has 0 atom stereocenters. The maximum absolute atomic E-state index is 4.62. The second-order valence-electron chi connectivity index (χ2n) is 4.46. The van der Waals surface area contributed by atoms with Crippen molar-refractivity contribution >= 4 is 23.4 Å². The Balaban J connectivity index is 2.89. The molecule has 0 bridgehead atoms. The molecule has 0 unspecified atom stereocenters. The van der Waals surface area contributed by atoms with E-state index in [2.05, 4.69) is 47.0 Å². The van der Waals surface area contributed by atoms with Crippen LogP contribution in [-0.2, 0) is 0 Å². The van der Waals surface area contributed by atoms with Crippen molar-refractivity contribution in [3.05, 3.63) is 6.07 Å². The molecule has 5 heteroatoms. The molecule has 0 aliphatic rings. The standard InChI is InChI=1S/C14H26N4S/c1-5-8-10-18(7-3)13-11-12(15-9-6-2)16-14(17-13)19-4/h11H,5-10H2,1-4H3,(H,15,16,17). The number of hydrogen-bond donors (Lipinski definition) is 1. The first-order chi connectivity index (χ1) is 9.24. The highest BCUT2D eigenvalue weighted by atomic mass is 32.2. The lowest BCUT2D eigenvalue weighted by Crippen LogP contribution is -2.25. The van der Waals surface area contributed by atoms with Crippen LogP contribution in [0.25, 0.3) is 0 Å². The summed E-state index contributed by atoms with van der Waals surface area (Å²) in [5.41, 5.74) is 0. The second kappa shape index (κ2) is 9.02. The molecule has 0 saturated heterocycles. The average molecular weight is 282 g/mol. The summed E-state index contributed by atoms with van der Waals surface area (Å²) in [7, 11) is 0. The zero-order valence-electron chi connectivity index (χ0n) is 12.6. The average Bonchev–Trinajstić information content (AvgIpc) is 2.45. The predicted octanol–water partition coefficient (Wildman–Crippen LogP) is 3.65. The molecule has 0 fully saturated rings. The second-order valence-corrected chi connectivity index (χ2v) is 5.23. The molecule has 1 N–H and O–H groups in total. The molecule has 19 heavy (non-hydrogen) atoms. The molecule has 0 aromatic carbocycles. The van der Waals surface area contributed by atoms with Gasteiger partial charge in [0, 0.05) is 25.7 Å². The zero-order valence-corrected chi connectivity index (χ0v) is 13.4. The van der Waals surface area contributed by atoms with Crippen LogP contribution in [0.2, 0.25) is 0 Å². The lowest BCUT2D eigenvalue weighted by molar-refractivity contribution is 0.717. The summed E-state index contributed by atoms with van der Waals surface area (Å²) < 4.78 is 0. The Bertz CT molecular complexity index is 370. The van der Waals surface area contributed by atoms with Crippen molar-refractivity contribution in [1.82, 2.24) is 9.97 Å². The fraction of sp³-hybridized carbons (Fsp3) is 0.714. The van der Waals surface area contributed by atoms with Crippen molar-refractivity contribution in [2.24, 2.45) is 0 Å². The van der Waals surface area contributed by atoms with E-state index in [0.29, 0.717) is 0 Å². The topological polar surface area (TPSA) is 41.0 Å². The van der Waals surface area contributed by atoms with Gasteiger partial charge in [-0.15, -0.1) is 0 Å². The zero-order chi connectivity index (χ0) is 14.1. The van der Waals surface area contributed by atoms with E-state index in [1.165, 1.54) is 12.8 Å². The number of anilines is 2. The van der Waals surface area contributed by atoms with Gasteiger partial charge in [-0.05, 0) is 26.0 Å². The summed E-state index contributed by atoms with van der Waals surface area (Å²) in [4.78, 5) is 11.4. The van der Waals surface area contributed by atoms with Crippen molar-refractivity contribution in [3.63, 3.8) is 0 Å². The molecule has 1 rings (SSSR count). The molecule has 1 aromatic rings. The van der Waals surface area contributed by atoms with E-state index in [-0.39, 0.29) is 0 Å². The number of nitrogens with one attached hydrogen (secondary N) is 1. The molecule has 0 aliphatic carbocycles. The fourth-order valence-corrected chi connectivity index (χ4v) is 2.17. The third-order valence-corrected chi connectivity index (χ3v) is 3.47. The van der Waals surface area contributed by atoms with E-state index in [0.717, 1.165) is 42.8 Å². The lowest BCUT2D eigenvalue weighted by atomic mass is 10.3. The van der Waals surface area contributed by atoms with Gasteiger partial charge in [0.05, 0.1) is 0 Å². The summed E-state index contributed by atoms with van der Waals surface area (Å²) in [5.74, 6) is 1.97. The van der Waals surface area contributed by atoms with Crippen LogP contribution in [-0.4, -0.2) is 35.9 Å². The third-order valence-electron chi connectivity index (χ3n) is 2.92. The highest BCUT2D eigenvalue weighted by Crippen LogP contribution is 2.20. The van der Waals surface area contributed by atoms with Crippen LogP contribution in [0.15, 0.2) is 11.2 Å². The monoisotopic (exact) mass is 282 g/mol. The molecule has 108 valence electrons. The van der Waals surface area contributed by atoms with Crippen LogP contribution < -0.4 is 10.2 Å². The molecular formula is C14H26N4S. The normalized spacial score (nSPS) is 10.5. The smallest absolute Gasteiger partial charge is 0.191 e. The van der Waals surface area contributed by atoms with E-state index in [4.69, 9.17) is 0 Å². The predicted molar refractivity (Wildman–Crippen MR) is 85.4 cm³/mol. The Morgan fingerprint density at radius 1 is 1.21 bits per heavy atom. The Hall–Kier alpha value is -0.970. The van der Waals surface area contributed by atoms with Crippen LogP contribution in [0.5, 0.6) is 0 Å². The van der Waals surface area contributed by atoms with E-state index in [9.17, 15) is 0 Å². The number of rotatable bonds is 9. The van der Waals surface area contributed by atoms with Gasteiger partial charge in [0.25, 0.3) is 0 Å². The van der Waals surface area contributed by atoms with Crippen molar-refractivity contribution in [2.75, 3.05) is 36.1 Å². The van der Waals surface area contributed by atoms with Crippen molar-refractivity contribution in [3.8, 4) is 0 Å². The number of aromatic nitrogens is 2. The molecule has 0 radical (unpaired) electrons. The molecule has 0 aliphatic heterocycles. The number of hydrogen-bond acceptors (Lipinski definition) is 5. The van der Waals surface area contributed by atoms with Crippen molar-refractivity contribution in [1.29, 1.82) is 0 Å². The van der Waals surface area contributed by atoms with Crippen molar-refractivity contribution < 1.29 is 0 Å². The van der Waals surface area contributed by atoms with Crippen LogP contribution in [0.1, 0.15) is 40.0 Å². The van der Waals surface area contributed by atoms with Gasteiger partial charge in [-0.2, -0.15) is 0 Å². The van der Waals surface area contributed by atoms with Crippen LogP contribution in [0.4, 0.5) is 11.6 Å². The first-order valence-electron chi connectivity index (χ1n) is 7.17. The van der Waals surface area contributed by atoms with Crippen LogP contribution >= 0.6 is 11.8 Å². The Labute approximate surface area is 121 Å². The minimum Gasteiger partial charge on any atom is -0.370 e. The van der Waals surface area contributed by atoms with Gasteiger partial charge in [0.2, 0.25) is 0 Å². The molecule has 0 amide bonds. The van der Waals surface area contributed by atoms with E-state index >= 15 is 0 Å². The number of unbranched alkanes of at least 4 members (excludes halogenated alkanes) is 1. The highest BCUT2D eigenvalue weighted by molar-refractivity contribution is 7.98. The summed E-state index contributed by atoms with van der Waals surface area (Å²) in [6.07, 6.45) is 5.52.